The van der Waals surface area contributed by atoms with Gasteiger partial charge in [-0.3, -0.25) is 4.79 Å². The van der Waals surface area contributed by atoms with Crippen molar-refractivity contribution in [1.29, 1.82) is 0 Å². The first-order valence-corrected chi connectivity index (χ1v) is 6.79. The van der Waals surface area contributed by atoms with E-state index in [0.29, 0.717) is 4.67 Å². The molecule has 0 saturated heterocycles. The van der Waals surface area contributed by atoms with Crippen molar-refractivity contribution in [1.82, 2.24) is 0 Å². The van der Waals surface area contributed by atoms with Crippen molar-refractivity contribution in [3.05, 3.63) is 50.8 Å². The number of rotatable bonds is 2. The molecular formula is C12H6Br2F3NO2. The maximum absolute atomic E-state index is 12.7. The summed E-state index contributed by atoms with van der Waals surface area (Å²) in [5.74, 6) is -0.639. The third-order valence-electron chi connectivity index (χ3n) is 2.33. The first-order valence-electron chi connectivity index (χ1n) is 5.21. The molecule has 1 aromatic carbocycles. The van der Waals surface area contributed by atoms with Gasteiger partial charge in [-0.2, -0.15) is 13.2 Å². The number of halogens is 5. The van der Waals surface area contributed by atoms with Gasteiger partial charge in [0, 0.05) is 10.2 Å². The van der Waals surface area contributed by atoms with E-state index in [1.54, 1.807) is 0 Å². The second kappa shape index (κ2) is 5.61. The minimum Gasteiger partial charge on any atom is -0.444 e. The summed E-state index contributed by atoms with van der Waals surface area (Å²) in [5, 5.41) is 2.34. The summed E-state index contributed by atoms with van der Waals surface area (Å²) in [6.07, 6.45) is -4.51. The molecule has 3 nitrogen and oxygen atoms in total. The fourth-order valence-electron chi connectivity index (χ4n) is 1.45. The van der Waals surface area contributed by atoms with E-state index in [9.17, 15) is 18.0 Å². The number of hydrogen-bond donors (Lipinski definition) is 1. The van der Waals surface area contributed by atoms with Gasteiger partial charge >= 0.3 is 6.18 Å². The molecule has 0 aliphatic carbocycles. The van der Waals surface area contributed by atoms with Crippen molar-refractivity contribution in [2.24, 2.45) is 0 Å². The van der Waals surface area contributed by atoms with Gasteiger partial charge in [-0.1, -0.05) is 15.9 Å². The van der Waals surface area contributed by atoms with E-state index in [1.807, 2.05) is 0 Å². The smallest absolute Gasteiger partial charge is 0.417 e. The Balaban J connectivity index is 2.24. The zero-order chi connectivity index (χ0) is 14.9. The molecule has 0 spiro atoms. The van der Waals surface area contributed by atoms with Crippen LogP contribution in [-0.2, 0) is 6.18 Å². The van der Waals surface area contributed by atoms with Crippen LogP contribution in [0.4, 0.5) is 18.9 Å². The Bertz CT molecular complexity index is 652. The second-order valence-corrected chi connectivity index (χ2v) is 5.39. The van der Waals surface area contributed by atoms with E-state index in [0.717, 1.165) is 6.07 Å². The van der Waals surface area contributed by atoms with Crippen LogP contribution in [0.2, 0.25) is 0 Å². The molecule has 2 rings (SSSR count). The van der Waals surface area contributed by atoms with Gasteiger partial charge in [-0.25, -0.2) is 0 Å². The topological polar surface area (TPSA) is 42.2 Å². The molecule has 0 aliphatic heterocycles. The van der Waals surface area contributed by atoms with Crippen molar-refractivity contribution in [2.45, 2.75) is 6.18 Å². The highest BCUT2D eigenvalue weighted by molar-refractivity contribution is 9.10. The molecule has 0 atom stereocenters. The summed E-state index contributed by atoms with van der Waals surface area (Å²) in [6.45, 7) is 0. The average Bonchev–Trinajstić information content (AvgIpc) is 2.77. The molecule has 8 heteroatoms. The van der Waals surface area contributed by atoms with Gasteiger partial charge in [0.25, 0.3) is 5.91 Å². The standard InChI is InChI=1S/C12H6Br2F3NO2/c13-8-2-1-6(5-7(8)12(15,16)17)18-11(19)9-3-4-10(14)20-9/h1-5H,(H,18,19). The lowest BCUT2D eigenvalue weighted by atomic mass is 10.2. The van der Waals surface area contributed by atoms with Gasteiger partial charge in [0.1, 0.15) is 0 Å². The predicted molar refractivity (Wildman–Crippen MR) is 73.5 cm³/mol. The Labute approximate surface area is 128 Å². The highest BCUT2D eigenvalue weighted by atomic mass is 79.9. The molecule has 0 bridgehead atoms. The van der Waals surface area contributed by atoms with Crippen molar-refractivity contribution < 1.29 is 22.4 Å². The van der Waals surface area contributed by atoms with Crippen LogP contribution in [0, 0.1) is 0 Å². The first-order chi connectivity index (χ1) is 9.27. The number of alkyl halides is 3. The number of hydrogen-bond acceptors (Lipinski definition) is 2. The molecule has 1 heterocycles. The summed E-state index contributed by atoms with van der Waals surface area (Å²) in [7, 11) is 0. The lowest BCUT2D eigenvalue weighted by Gasteiger charge is -2.11. The number of carbonyl (C=O) groups excluding carboxylic acids is 1. The monoisotopic (exact) mass is 411 g/mol. The SMILES string of the molecule is O=C(Nc1ccc(Br)c(C(F)(F)F)c1)c1ccc(Br)o1. The minimum atomic E-state index is -4.51. The van der Waals surface area contributed by atoms with Crippen LogP contribution in [0.25, 0.3) is 0 Å². The third-order valence-corrected chi connectivity index (χ3v) is 3.44. The zero-order valence-electron chi connectivity index (χ0n) is 9.59. The van der Waals surface area contributed by atoms with Crippen LogP contribution < -0.4 is 5.32 Å². The van der Waals surface area contributed by atoms with Gasteiger partial charge in [-0.05, 0) is 46.3 Å². The van der Waals surface area contributed by atoms with Crippen molar-refractivity contribution in [3.63, 3.8) is 0 Å². The first kappa shape index (κ1) is 15.1. The van der Waals surface area contributed by atoms with Gasteiger partial charge in [0.15, 0.2) is 10.4 Å². The Morgan fingerprint density at radius 3 is 2.40 bits per heavy atom. The Hall–Kier alpha value is -1.28. The maximum Gasteiger partial charge on any atom is 0.417 e. The summed E-state index contributed by atoms with van der Waals surface area (Å²) in [5.41, 5.74) is -0.839. The summed E-state index contributed by atoms with van der Waals surface area (Å²) in [6, 6.07) is 6.34. The molecule has 0 aliphatic rings. The lowest BCUT2D eigenvalue weighted by Crippen LogP contribution is -2.12. The quantitative estimate of drug-likeness (QED) is 0.747. The van der Waals surface area contributed by atoms with Gasteiger partial charge in [0.2, 0.25) is 0 Å². The Morgan fingerprint density at radius 2 is 1.85 bits per heavy atom. The highest BCUT2D eigenvalue weighted by Crippen LogP contribution is 2.36. The second-order valence-electron chi connectivity index (χ2n) is 3.75. The van der Waals surface area contributed by atoms with E-state index in [2.05, 4.69) is 37.2 Å². The molecule has 20 heavy (non-hydrogen) atoms. The molecule has 0 saturated carbocycles. The fourth-order valence-corrected chi connectivity index (χ4v) is 2.23. The van der Waals surface area contributed by atoms with Crippen molar-refractivity contribution in [2.75, 3.05) is 5.32 Å². The average molecular weight is 413 g/mol. The number of benzene rings is 1. The Morgan fingerprint density at radius 1 is 1.15 bits per heavy atom. The number of furan rings is 1. The molecule has 1 aromatic heterocycles. The lowest BCUT2D eigenvalue weighted by molar-refractivity contribution is -0.138. The van der Waals surface area contributed by atoms with Crippen LogP contribution in [0.15, 0.2) is 43.9 Å². The molecule has 1 N–H and O–H groups in total. The summed E-state index contributed by atoms with van der Waals surface area (Å²) < 4.78 is 43.4. The van der Waals surface area contributed by atoms with Gasteiger partial charge in [-0.15, -0.1) is 0 Å². The van der Waals surface area contributed by atoms with Crippen molar-refractivity contribution >= 4 is 43.5 Å². The molecule has 1 amide bonds. The van der Waals surface area contributed by atoms with Crippen LogP contribution in [0.3, 0.4) is 0 Å². The number of amides is 1. The Kier molecular flexibility index (Phi) is 4.24. The van der Waals surface area contributed by atoms with Crippen LogP contribution in [-0.4, -0.2) is 5.91 Å². The molecular weight excluding hydrogens is 407 g/mol. The largest absolute Gasteiger partial charge is 0.444 e. The molecule has 0 unspecified atom stereocenters. The zero-order valence-corrected chi connectivity index (χ0v) is 12.8. The van der Waals surface area contributed by atoms with Crippen LogP contribution in [0.5, 0.6) is 0 Å². The highest BCUT2D eigenvalue weighted by Gasteiger charge is 2.33. The summed E-state index contributed by atoms with van der Waals surface area (Å²) in [4.78, 5) is 11.8. The maximum atomic E-state index is 12.7. The van der Waals surface area contributed by atoms with E-state index in [1.165, 1.54) is 24.3 Å². The fraction of sp³-hybridized carbons (Fsp3) is 0.0833. The third kappa shape index (κ3) is 3.43. The normalized spacial score (nSPS) is 11.4. The number of anilines is 1. The van der Waals surface area contributed by atoms with Crippen molar-refractivity contribution in [3.8, 4) is 0 Å². The predicted octanol–water partition coefficient (Wildman–Crippen LogP) is 5.08. The van der Waals surface area contributed by atoms with Gasteiger partial charge in [0.05, 0.1) is 5.56 Å². The minimum absolute atomic E-state index is 0.00616. The van der Waals surface area contributed by atoms with E-state index in [4.69, 9.17) is 4.42 Å². The van der Waals surface area contributed by atoms with Crippen LogP contribution >= 0.6 is 31.9 Å². The van der Waals surface area contributed by atoms with E-state index < -0.39 is 17.6 Å². The van der Waals surface area contributed by atoms with Crippen LogP contribution in [0.1, 0.15) is 16.1 Å². The number of carbonyl (C=O) groups is 1. The van der Waals surface area contributed by atoms with E-state index in [-0.39, 0.29) is 15.9 Å². The molecule has 2 aromatic rings. The molecule has 0 fully saturated rings. The van der Waals surface area contributed by atoms with E-state index >= 15 is 0 Å². The summed E-state index contributed by atoms with van der Waals surface area (Å²) >= 11 is 5.85. The molecule has 0 radical (unpaired) electrons. The van der Waals surface area contributed by atoms with Gasteiger partial charge < -0.3 is 9.73 Å². The molecule has 106 valence electrons. The number of nitrogens with one attached hydrogen (secondary N) is 1.